The van der Waals surface area contributed by atoms with Crippen molar-refractivity contribution in [3.8, 4) is 11.1 Å². The van der Waals surface area contributed by atoms with E-state index in [0.717, 1.165) is 42.9 Å². The van der Waals surface area contributed by atoms with Crippen molar-refractivity contribution in [3.05, 3.63) is 53.1 Å². The average Bonchev–Trinajstić information content (AvgIpc) is 2.81. The van der Waals surface area contributed by atoms with Crippen LogP contribution in [0.2, 0.25) is 0 Å². The minimum atomic E-state index is -0.0939. The number of carbonyl (C=O) groups excluding carboxylic acids is 1. The summed E-state index contributed by atoms with van der Waals surface area (Å²) < 4.78 is 0. The van der Waals surface area contributed by atoms with E-state index in [1.54, 1.807) is 18.5 Å². The highest BCUT2D eigenvalue weighted by Crippen LogP contribution is 2.26. The number of likely N-dealkylation sites (N-methyl/N-ethyl adjacent to an activating group) is 1. The van der Waals surface area contributed by atoms with Gasteiger partial charge in [-0.3, -0.25) is 9.59 Å². The lowest BCUT2D eigenvalue weighted by Crippen LogP contribution is -2.47. The number of likely N-dealkylation sites (tertiary alicyclic amines) is 1. The lowest BCUT2D eigenvalue weighted by molar-refractivity contribution is -0.127. The van der Waals surface area contributed by atoms with Gasteiger partial charge in [0.05, 0.1) is 0 Å². The summed E-state index contributed by atoms with van der Waals surface area (Å²) in [7, 11) is 5.79. The first-order chi connectivity index (χ1) is 15.4. The van der Waals surface area contributed by atoms with Crippen LogP contribution in [0.25, 0.3) is 11.1 Å². The fourth-order valence-electron chi connectivity index (χ4n) is 4.09. The van der Waals surface area contributed by atoms with Crippen LogP contribution < -0.4 is 15.8 Å². The molecule has 3 heterocycles. The highest BCUT2D eigenvalue weighted by atomic mass is 16.2. The van der Waals surface area contributed by atoms with E-state index in [0.29, 0.717) is 18.8 Å². The Morgan fingerprint density at radius 1 is 1.28 bits per heavy atom. The van der Waals surface area contributed by atoms with E-state index in [-0.39, 0.29) is 17.5 Å². The van der Waals surface area contributed by atoms with Crippen molar-refractivity contribution in [3.63, 3.8) is 0 Å². The maximum absolute atomic E-state index is 12.7. The molecule has 1 fully saturated rings. The summed E-state index contributed by atoms with van der Waals surface area (Å²) in [5.74, 6) is 0.838. The van der Waals surface area contributed by atoms with Crippen molar-refractivity contribution in [1.29, 1.82) is 0 Å². The second kappa shape index (κ2) is 10.9. The summed E-state index contributed by atoms with van der Waals surface area (Å²) in [5.41, 5.74) is 2.51. The fourth-order valence-corrected chi connectivity index (χ4v) is 4.09. The van der Waals surface area contributed by atoms with Gasteiger partial charge in [-0.1, -0.05) is 6.08 Å². The monoisotopic (exact) mass is 438 g/mol. The molecule has 32 heavy (non-hydrogen) atoms. The Labute approximate surface area is 189 Å². The average molecular weight is 439 g/mol. The standard InChI is InChI=1S/C24H34N6O2/c1-5-30(20-9-13-29(14-10-20)23(31)7-6-12-28(3)4)21-15-19(17-27-24(21)32)18-8-11-26-22(16-18)25-2/h6-8,11,15-17,20H,5,9-10,12-14H2,1-4H3,(H,25,26)(H,27,32)/b7-6+. The maximum Gasteiger partial charge on any atom is 0.271 e. The van der Waals surface area contributed by atoms with Crippen LogP contribution in [-0.2, 0) is 4.79 Å². The largest absolute Gasteiger partial charge is 0.373 e. The normalized spacial score (nSPS) is 14.8. The van der Waals surface area contributed by atoms with E-state index in [9.17, 15) is 9.59 Å². The topological polar surface area (TPSA) is 84.6 Å². The molecule has 0 bridgehead atoms. The van der Waals surface area contributed by atoms with E-state index < -0.39 is 0 Å². The van der Waals surface area contributed by atoms with E-state index in [1.165, 1.54) is 0 Å². The molecule has 1 saturated heterocycles. The molecule has 8 nitrogen and oxygen atoms in total. The number of nitrogens with one attached hydrogen (secondary N) is 2. The predicted octanol–water partition coefficient (Wildman–Crippen LogP) is 2.41. The molecule has 1 amide bonds. The number of piperidine rings is 1. The number of pyridine rings is 2. The van der Waals surface area contributed by atoms with Crippen molar-refractivity contribution >= 4 is 17.4 Å². The lowest BCUT2D eigenvalue weighted by Gasteiger charge is -2.38. The maximum atomic E-state index is 12.7. The highest BCUT2D eigenvalue weighted by Gasteiger charge is 2.27. The molecule has 1 aliphatic rings. The van der Waals surface area contributed by atoms with Gasteiger partial charge in [-0.2, -0.15) is 0 Å². The Morgan fingerprint density at radius 2 is 2.03 bits per heavy atom. The molecule has 0 aromatic carbocycles. The van der Waals surface area contributed by atoms with Crippen LogP contribution in [0.4, 0.5) is 11.5 Å². The Morgan fingerprint density at radius 3 is 2.69 bits per heavy atom. The first kappa shape index (κ1) is 23.5. The van der Waals surface area contributed by atoms with Gasteiger partial charge in [-0.25, -0.2) is 4.98 Å². The molecule has 3 rings (SSSR count). The Bertz CT molecular complexity index is 992. The molecular formula is C24H34N6O2. The minimum Gasteiger partial charge on any atom is -0.373 e. The molecule has 2 aromatic rings. The van der Waals surface area contributed by atoms with Gasteiger partial charge in [0.1, 0.15) is 11.5 Å². The van der Waals surface area contributed by atoms with Gasteiger partial charge in [0.2, 0.25) is 5.91 Å². The van der Waals surface area contributed by atoms with E-state index in [1.807, 2.05) is 55.2 Å². The second-order valence-corrected chi connectivity index (χ2v) is 8.29. The zero-order chi connectivity index (χ0) is 23.1. The van der Waals surface area contributed by atoms with Gasteiger partial charge in [-0.05, 0) is 57.6 Å². The first-order valence-corrected chi connectivity index (χ1v) is 11.2. The smallest absolute Gasteiger partial charge is 0.271 e. The number of rotatable bonds is 8. The summed E-state index contributed by atoms with van der Waals surface area (Å²) in [6.07, 6.45) is 8.74. The van der Waals surface area contributed by atoms with Gasteiger partial charge in [0, 0.05) is 63.3 Å². The van der Waals surface area contributed by atoms with E-state index in [4.69, 9.17) is 0 Å². The Balaban J connectivity index is 1.73. The predicted molar refractivity (Wildman–Crippen MR) is 130 cm³/mol. The van der Waals surface area contributed by atoms with E-state index >= 15 is 0 Å². The van der Waals surface area contributed by atoms with Gasteiger partial charge in [0.25, 0.3) is 5.56 Å². The second-order valence-electron chi connectivity index (χ2n) is 8.29. The third-order valence-corrected chi connectivity index (χ3v) is 5.83. The van der Waals surface area contributed by atoms with Crippen molar-refractivity contribution < 1.29 is 4.79 Å². The summed E-state index contributed by atoms with van der Waals surface area (Å²) in [6.45, 7) is 4.93. The molecular weight excluding hydrogens is 404 g/mol. The van der Waals surface area contributed by atoms with Crippen molar-refractivity contribution in [1.82, 2.24) is 19.8 Å². The quantitative estimate of drug-likeness (QED) is 0.616. The summed E-state index contributed by atoms with van der Waals surface area (Å²) in [4.78, 5) is 38.4. The number of H-pyrrole nitrogens is 1. The number of aromatic nitrogens is 2. The molecule has 0 aliphatic carbocycles. The zero-order valence-corrected chi connectivity index (χ0v) is 19.5. The van der Waals surface area contributed by atoms with Crippen molar-refractivity contribution in [2.24, 2.45) is 0 Å². The molecule has 1 aliphatic heterocycles. The van der Waals surface area contributed by atoms with Crippen LogP contribution >= 0.6 is 0 Å². The minimum absolute atomic E-state index is 0.0613. The third kappa shape index (κ3) is 5.76. The summed E-state index contributed by atoms with van der Waals surface area (Å²) in [5, 5.41) is 3.05. The fraction of sp³-hybridized carbons (Fsp3) is 0.458. The lowest BCUT2D eigenvalue weighted by atomic mass is 10.0. The van der Waals surface area contributed by atoms with Gasteiger partial charge in [0.15, 0.2) is 0 Å². The number of carbonyl (C=O) groups is 1. The van der Waals surface area contributed by atoms with Gasteiger partial charge >= 0.3 is 0 Å². The summed E-state index contributed by atoms with van der Waals surface area (Å²) in [6, 6.07) is 6.07. The molecule has 0 unspecified atom stereocenters. The number of nitrogens with zero attached hydrogens (tertiary/aromatic N) is 4. The number of aromatic amines is 1. The number of hydrogen-bond acceptors (Lipinski definition) is 6. The molecule has 0 saturated carbocycles. The molecule has 2 aromatic heterocycles. The molecule has 172 valence electrons. The van der Waals surface area contributed by atoms with Crippen LogP contribution in [0.1, 0.15) is 19.8 Å². The van der Waals surface area contributed by atoms with Crippen molar-refractivity contribution in [2.45, 2.75) is 25.8 Å². The van der Waals surface area contributed by atoms with Gasteiger partial charge in [-0.15, -0.1) is 0 Å². The number of amides is 1. The van der Waals surface area contributed by atoms with Gasteiger partial charge < -0.3 is 25.0 Å². The van der Waals surface area contributed by atoms with Crippen LogP contribution in [0.5, 0.6) is 0 Å². The molecule has 0 radical (unpaired) electrons. The third-order valence-electron chi connectivity index (χ3n) is 5.83. The van der Waals surface area contributed by atoms with Crippen molar-refractivity contribution in [2.75, 3.05) is 57.5 Å². The van der Waals surface area contributed by atoms with Crippen LogP contribution in [-0.4, -0.2) is 79.0 Å². The van der Waals surface area contributed by atoms with E-state index in [2.05, 4.69) is 27.1 Å². The number of hydrogen-bond donors (Lipinski definition) is 2. The SMILES string of the molecule is CCN(c1cc(-c2ccnc(NC)c2)c[nH]c1=O)C1CCN(C(=O)/C=C/CN(C)C)CC1. The Kier molecular flexibility index (Phi) is 8.05. The molecule has 0 spiro atoms. The molecule has 2 N–H and O–H groups in total. The van der Waals surface area contributed by atoms with Crippen LogP contribution in [0, 0.1) is 0 Å². The summed E-state index contributed by atoms with van der Waals surface area (Å²) >= 11 is 0. The zero-order valence-electron chi connectivity index (χ0n) is 19.5. The van der Waals surface area contributed by atoms with Crippen LogP contribution in [0.15, 0.2) is 47.5 Å². The first-order valence-electron chi connectivity index (χ1n) is 11.2. The highest BCUT2D eigenvalue weighted by molar-refractivity contribution is 5.87. The molecule has 0 atom stereocenters. The number of anilines is 2. The van der Waals surface area contributed by atoms with Crippen LogP contribution in [0.3, 0.4) is 0 Å². The Hall–Kier alpha value is -3.13. The molecule has 8 heteroatoms.